The Kier molecular flexibility index (Phi) is 9.55. The second kappa shape index (κ2) is 11.6. The van der Waals surface area contributed by atoms with Crippen LogP contribution < -0.4 is 11.1 Å². The minimum absolute atomic E-state index is 0.0118. The van der Waals surface area contributed by atoms with Crippen LogP contribution in [0.3, 0.4) is 0 Å². The van der Waals surface area contributed by atoms with Crippen LogP contribution in [0.4, 0.5) is 5.69 Å². The van der Waals surface area contributed by atoms with E-state index < -0.39 is 17.4 Å². The maximum atomic E-state index is 12.1. The third kappa shape index (κ3) is 8.57. The zero-order chi connectivity index (χ0) is 24.5. The highest BCUT2D eigenvalue weighted by atomic mass is 16.4. The molecule has 0 aromatic heterocycles. The molecule has 2 amide bonds. The second-order valence-corrected chi connectivity index (χ2v) is 8.05. The summed E-state index contributed by atoms with van der Waals surface area (Å²) in [5, 5.41) is 17.7. The van der Waals surface area contributed by atoms with Crippen LogP contribution in [0.1, 0.15) is 26.3 Å². The van der Waals surface area contributed by atoms with E-state index in [9.17, 15) is 9.59 Å². The van der Waals surface area contributed by atoms with Crippen molar-refractivity contribution in [1.82, 2.24) is 4.90 Å². The van der Waals surface area contributed by atoms with Crippen LogP contribution in [0.2, 0.25) is 0 Å². The van der Waals surface area contributed by atoms with Gasteiger partial charge in [0.05, 0.1) is 6.54 Å². The average Bonchev–Trinajstić information content (AvgIpc) is 2.73. The monoisotopic (exact) mass is 443 g/mol. The van der Waals surface area contributed by atoms with E-state index in [2.05, 4.69) is 11.4 Å². The molecule has 2 aromatic carbocycles. The Labute approximate surface area is 186 Å². The van der Waals surface area contributed by atoms with Crippen molar-refractivity contribution in [3.05, 3.63) is 54.1 Å². The van der Waals surface area contributed by atoms with Crippen LogP contribution in [0.15, 0.2) is 48.5 Å². The molecule has 0 saturated carbocycles. The summed E-state index contributed by atoms with van der Waals surface area (Å²) in [6.45, 7) is 6.18. The molecule has 0 aliphatic carbocycles. The van der Waals surface area contributed by atoms with Crippen molar-refractivity contribution in [2.45, 2.75) is 27.3 Å². The van der Waals surface area contributed by atoms with Crippen molar-refractivity contribution in [2.24, 2.45) is 11.1 Å². The predicted molar refractivity (Wildman–Crippen MR) is 121 cm³/mol. The van der Waals surface area contributed by atoms with E-state index in [1.54, 1.807) is 11.9 Å². The number of hydrogen-bond donors (Lipinski definition) is 4. The molecule has 9 heteroatoms. The van der Waals surface area contributed by atoms with Crippen molar-refractivity contribution in [1.29, 1.82) is 0 Å². The zero-order valence-electron chi connectivity index (χ0n) is 18.6. The normalized spacial score (nSPS) is 10.4. The van der Waals surface area contributed by atoms with Gasteiger partial charge in [0.1, 0.15) is 0 Å². The fraction of sp³-hybridized carbons (Fsp3) is 0.304. The van der Waals surface area contributed by atoms with Crippen molar-refractivity contribution in [2.75, 3.05) is 18.9 Å². The number of carbonyl (C=O) groups excluding carboxylic acids is 2. The van der Waals surface area contributed by atoms with Crippen LogP contribution in [0, 0.1) is 5.41 Å². The molecular weight excluding hydrogens is 414 g/mol. The van der Waals surface area contributed by atoms with E-state index >= 15 is 0 Å². The Bertz CT molecular complexity index is 952. The van der Waals surface area contributed by atoms with Crippen LogP contribution in [-0.4, -0.2) is 52.5 Å². The standard InChI is InChI=1S/C21H27N3O2.C2H2O4/c1-21(2,3)20(26)23-18-10-8-16(9-11-18)17-7-5-6-15(12-17)14-24(4)19(25)13-22;3-1(4)2(5)6/h5-12H,13-14,22H2,1-4H3,(H,23,26);(H,3,4)(H,5,6). The number of carboxylic acid groups (broad SMARTS) is 2. The van der Waals surface area contributed by atoms with Gasteiger partial charge in [0.15, 0.2) is 0 Å². The lowest BCUT2D eigenvalue weighted by Gasteiger charge is -2.18. The molecule has 5 N–H and O–H groups in total. The maximum absolute atomic E-state index is 12.1. The van der Waals surface area contributed by atoms with Crippen molar-refractivity contribution in [3.63, 3.8) is 0 Å². The van der Waals surface area contributed by atoms with E-state index in [4.69, 9.17) is 25.5 Å². The van der Waals surface area contributed by atoms with Gasteiger partial charge in [-0.1, -0.05) is 51.1 Å². The molecular formula is C23H29N3O6. The van der Waals surface area contributed by atoms with Gasteiger partial charge >= 0.3 is 11.9 Å². The summed E-state index contributed by atoms with van der Waals surface area (Å²) in [6, 6.07) is 15.8. The summed E-state index contributed by atoms with van der Waals surface area (Å²) >= 11 is 0. The third-order valence-corrected chi connectivity index (χ3v) is 4.29. The fourth-order valence-electron chi connectivity index (χ4n) is 2.43. The number of nitrogens with two attached hydrogens (primary N) is 1. The molecule has 0 spiro atoms. The van der Waals surface area contributed by atoms with Gasteiger partial charge in [0.2, 0.25) is 11.8 Å². The zero-order valence-corrected chi connectivity index (χ0v) is 18.6. The molecule has 0 saturated heterocycles. The predicted octanol–water partition coefficient (Wildman–Crippen LogP) is 2.41. The number of likely N-dealkylation sites (N-methyl/N-ethyl adjacent to an activating group) is 1. The van der Waals surface area contributed by atoms with Crippen molar-refractivity contribution >= 4 is 29.4 Å². The first-order valence-corrected chi connectivity index (χ1v) is 9.76. The first-order valence-electron chi connectivity index (χ1n) is 9.76. The van der Waals surface area contributed by atoms with E-state index in [1.165, 1.54) is 0 Å². The van der Waals surface area contributed by atoms with Gasteiger partial charge in [-0.3, -0.25) is 9.59 Å². The Hall–Kier alpha value is -3.72. The third-order valence-electron chi connectivity index (χ3n) is 4.29. The van der Waals surface area contributed by atoms with E-state index in [-0.39, 0.29) is 18.4 Å². The van der Waals surface area contributed by atoms with Gasteiger partial charge in [0, 0.05) is 24.7 Å². The molecule has 2 aromatic rings. The number of rotatable bonds is 5. The molecule has 0 aliphatic heterocycles. The minimum Gasteiger partial charge on any atom is -0.473 e. The second-order valence-electron chi connectivity index (χ2n) is 8.05. The lowest BCUT2D eigenvalue weighted by atomic mass is 9.95. The summed E-state index contributed by atoms with van der Waals surface area (Å²) in [5.41, 5.74) is 8.90. The lowest BCUT2D eigenvalue weighted by Crippen LogP contribution is -2.32. The SMILES string of the molecule is CN(Cc1cccc(-c2ccc(NC(=O)C(C)(C)C)cc2)c1)C(=O)CN.O=C(O)C(=O)O. The maximum Gasteiger partial charge on any atom is 0.414 e. The number of nitrogens with zero attached hydrogens (tertiary/aromatic N) is 1. The molecule has 0 aliphatic rings. The highest BCUT2D eigenvalue weighted by Crippen LogP contribution is 2.24. The van der Waals surface area contributed by atoms with Crippen molar-refractivity contribution < 1.29 is 29.4 Å². The van der Waals surface area contributed by atoms with Gasteiger partial charge in [-0.25, -0.2) is 9.59 Å². The molecule has 0 radical (unpaired) electrons. The number of carbonyl (C=O) groups is 4. The number of anilines is 1. The summed E-state index contributed by atoms with van der Waals surface area (Å²) in [5.74, 6) is -3.75. The Balaban J connectivity index is 0.000000751. The van der Waals surface area contributed by atoms with Gasteiger partial charge in [-0.2, -0.15) is 0 Å². The molecule has 0 atom stereocenters. The summed E-state index contributed by atoms with van der Waals surface area (Å²) in [7, 11) is 1.74. The summed E-state index contributed by atoms with van der Waals surface area (Å²) in [6.07, 6.45) is 0. The Morgan fingerprint density at radius 3 is 1.97 bits per heavy atom. The van der Waals surface area contributed by atoms with E-state index in [0.29, 0.717) is 6.54 Å². The number of benzene rings is 2. The van der Waals surface area contributed by atoms with Crippen LogP contribution in [0.5, 0.6) is 0 Å². The molecule has 0 unspecified atom stereocenters. The summed E-state index contributed by atoms with van der Waals surface area (Å²) < 4.78 is 0. The van der Waals surface area contributed by atoms with Gasteiger partial charge in [0.25, 0.3) is 0 Å². The van der Waals surface area contributed by atoms with Crippen molar-refractivity contribution in [3.8, 4) is 11.1 Å². The van der Waals surface area contributed by atoms with Crippen LogP contribution in [0.25, 0.3) is 11.1 Å². The number of nitrogens with one attached hydrogen (secondary N) is 1. The first kappa shape index (κ1) is 26.3. The molecule has 9 nitrogen and oxygen atoms in total. The molecule has 172 valence electrons. The average molecular weight is 444 g/mol. The number of aliphatic carboxylic acids is 2. The van der Waals surface area contributed by atoms with Crippen LogP contribution >= 0.6 is 0 Å². The largest absolute Gasteiger partial charge is 0.473 e. The fourth-order valence-corrected chi connectivity index (χ4v) is 2.43. The Morgan fingerprint density at radius 1 is 0.938 bits per heavy atom. The first-order chi connectivity index (χ1) is 14.8. The number of amides is 2. The summed E-state index contributed by atoms with van der Waals surface area (Å²) in [4.78, 5) is 43.5. The lowest BCUT2D eigenvalue weighted by molar-refractivity contribution is -0.159. The number of hydrogen-bond acceptors (Lipinski definition) is 5. The molecule has 32 heavy (non-hydrogen) atoms. The highest BCUT2D eigenvalue weighted by Gasteiger charge is 2.21. The minimum atomic E-state index is -1.82. The van der Waals surface area contributed by atoms with E-state index in [0.717, 1.165) is 22.4 Å². The quantitative estimate of drug-likeness (QED) is 0.518. The highest BCUT2D eigenvalue weighted by molar-refractivity contribution is 6.27. The topological polar surface area (TPSA) is 150 Å². The smallest absolute Gasteiger partial charge is 0.414 e. The van der Waals surface area contributed by atoms with Gasteiger partial charge in [-0.15, -0.1) is 0 Å². The number of carboxylic acids is 2. The van der Waals surface area contributed by atoms with Gasteiger partial charge < -0.3 is 26.2 Å². The van der Waals surface area contributed by atoms with Gasteiger partial charge in [-0.05, 0) is 34.9 Å². The molecule has 0 bridgehead atoms. The Morgan fingerprint density at radius 2 is 1.50 bits per heavy atom. The molecule has 0 heterocycles. The van der Waals surface area contributed by atoms with E-state index in [1.807, 2.05) is 63.2 Å². The molecule has 2 rings (SSSR count). The van der Waals surface area contributed by atoms with Crippen LogP contribution in [-0.2, 0) is 25.7 Å². The molecule has 0 fully saturated rings.